The van der Waals surface area contributed by atoms with Crippen molar-refractivity contribution < 1.29 is 42.4 Å². The molecule has 1 aliphatic rings. The Morgan fingerprint density at radius 2 is 1.81 bits per heavy atom. The Labute approximate surface area is 160 Å². The van der Waals surface area contributed by atoms with Gasteiger partial charge >= 0.3 is 10.4 Å². The second-order valence-corrected chi connectivity index (χ2v) is 7.96. The van der Waals surface area contributed by atoms with Crippen LogP contribution in [-0.2, 0) is 25.8 Å². The Balaban J connectivity index is 2.12. The molecule has 0 radical (unpaired) electrons. The summed E-state index contributed by atoms with van der Waals surface area (Å²) in [6.07, 6.45) is -5.11. The summed E-state index contributed by atoms with van der Waals surface area (Å²) in [6.45, 7) is -0.597. The van der Waals surface area contributed by atoms with Gasteiger partial charge in [-0.25, -0.2) is 4.28 Å². The maximum Gasteiger partial charge on any atom is 0.466 e. The molecule has 1 aromatic rings. The van der Waals surface area contributed by atoms with Crippen molar-refractivity contribution in [1.82, 2.24) is 0 Å². The van der Waals surface area contributed by atoms with Crippen LogP contribution in [0, 0.1) is 0 Å². The van der Waals surface area contributed by atoms with Crippen molar-refractivity contribution in [2.24, 2.45) is 5.16 Å². The van der Waals surface area contributed by atoms with Gasteiger partial charge in [0.05, 0.1) is 6.61 Å². The molecule has 152 valence electrons. The van der Waals surface area contributed by atoms with E-state index in [1.165, 1.54) is 0 Å². The standard InChI is InChI=1S/C15H21NO9S2/c17-8-10-12(18)13(19)14(20)15(24-10)26-11(16-25-27(21,22)23)7-6-9-4-2-1-3-5-9/h1-5,10,12-15,17-20H,6-8H2,(H,21,22,23)/b16-11+. The number of benzene rings is 1. The van der Waals surface area contributed by atoms with Gasteiger partial charge in [-0.2, -0.15) is 8.42 Å². The first-order valence-electron chi connectivity index (χ1n) is 7.95. The van der Waals surface area contributed by atoms with Crippen molar-refractivity contribution in [1.29, 1.82) is 0 Å². The predicted octanol–water partition coefficient (Wildman–Crippen LogP) is -0.715. The van der Waals surface area contributed by atoms with Crippen LogP contribution in [0.5, 0.6) is 0 Å². The van der Waals surface area contributed by atoms with Crippen LogP contribution >= 0.6 is 11.8 Å². The normalized spacial score (nSPS) is 29.5. The number of hydrogen-bond acceptors (Lipinski definition) is 10. The van der Waals surface area contributed by atoms with Gasteiger partial charge in [-0.05, 0) is 12.0 Å². The summed E-state index contributed by atoms with van der Waals surface area (Å²) in [5.74, 6) is 0. The van der Waals surface area contributed by atoms with Gasteiger partial charge in [0, 0.05) is 6.42 Å². The third-order valence-electron chi connectivity index (χ3n) is 3.80. The van der Waals surface area contributed by atoms with E-state index in [2.05, 4.69) is 9.44 Å². The van der Waals surface area contributed by atoms with E-state index >= 15 is 0 Å². The highest BCUT2D eigenvalue weighted by atomic mass is 32.3. The highest BCUT2D eigenvalue weighted by Crippen LogP contribution is 2.30. The van der Waals surface area contributed by atoms with E-state index in [-0.39, 0.29) is 11.5 Å². The van der Waals surface area contributed by atoms with Gasteiger partial charge in [-0.1, -0.05) is 47.2 Å². The Kier molecular flexibility index (Phi) is 8.00. The summed E-state index contributed by atoms with van der Waals surface area (Å²) >= 11 is 0.754. The van der Waals surface area contributed by atoms with Crippen LogP contribution in [0.25, 0.3) is 0 Å². The largest absolute Gasteiger partial charge is 0.466 e. The fraction of sp³-hybridized carbons (Fsp3) is 0.533. The SMILES string of the molecule is O=S(=O)(O)O/N=C(\CCc1ccccc1)SC1OC(CO)C(O)C(O)C1O. The molecule has 5 unspecified atom stereocenters. The van der Waals surface area contributed by atoms with E-state index in [4.69, 9.17) is 9.29 Å². The van der Waals surface area contributed by atoms with Gasteiger partial charge in [0.25, 0.3) is 0 Å². The number of rotatable bonds is 7. The summed E-state index contributed by atoms with van der Waals surface area (Å²) in [5, 5.41) is 42.4. The number of nitrogens with zero attached hydrogens (tertiary/aromatic N) is 1. The average molecular weight is 423 g/mol. The second-order valence-electron chi connectivity index (χ2n) is 5.79. The Bertz CT molecular complexity index is 726. The lowest BCUT2D eigenvalue weighted by atomic mass is 10.0. The number of hydrogen-bond donors (Lipinski definition) is 5. The minimum atomic E-state index is -4.82. The lowest BCUT2D eigenvalue weighted by Gasteiger charge is -2.39. The molecule has 1 saturated heterocycles. The number of aryl methyl sites for hydroxylation is 1. The monoisotopic (exact) mass is 423 g/mol. The van der Waals surface area contributed by atoms with Crippen molar-refractivity contribution in [2.75, 3.05) is 6.61 Å². The summed E-state index contributed by atoms with van der Waals surface area (Å²) in [7, 11) is -4.82. The maximum atomic E-state index is 10.8. The first-order valence-corrected chi connectivity index (χ1v) is 10.2. The molecule has 2 rings (SSSR count). The number of aliphatic hydroxyl groups is 4. The van der Waals surface area contributed by atoms with E-state index in [0.717, 1.165) is 17.3 Å². The smallest absolute Gasteiger partial charge is 0.394 e. The zero-order valence-electron chi connectivity index (χ0n) is 14.0. The molecule has 0 aromatic heterocycles. The number of aliphatic hydroxyl groups excluding tert-OH is 4. The van der Waals surface area contributed by atoms with Crippen LogP contribution in [0.15, 0.2) is 35.5 Å². The Hall–Kier alpha value is -1.25. The summed E-state index contributed by atoms with van der Waals surface area (Å²) in [5.41, 5.74) is -0.230. The summed E-state index contributed by atoms with van der Waals surface area (Å²) in [6, 6.07) is 9.18. The van der Waals surface area contributed by atoms with E-state index < -0.39 is 46.9 Å². The highest BCUT2D eigenvalue weighted by Gasteiger charge is 2.44. The van der Waals surface area contributed by atoms with E-state index in [1.807, 2.05) is 30.3 Å². The summed E-state index contributed by atoms with van der Waals surface area (Å²) in [4.78, 5) is 0. The van der Waals surface area contributed by atoms with E-state index in [9.17, 15) is 28.8 Å². The van der Waals surface area contributed by atoms with Gasteiger partial charge in [-0.15, -0.1) is 0 Å². The molecule has 0 amide bonds. The van der Waals surface area contributed by atoms with Crippen LogP contribution < -0.4 is 0 Å². The van der Waals surface area contributed by atoms with Crippen LogP contribution in [0.3, 0.4) is 0 Å². The molecule has 5 N–H and O–H groups in total. The minimum Gasteiger partial charge on any atom is -0.394 e. The predicted molar refractivity (Wildman–Crippen MR) is 96.2 cm³/mol. The molecule has 1 heterocycles. The second kappa shape index (κ2) is 9.80. The van der Waals surface area contributed by atoms with Gasteiger partial charge < -0.3 is 25.2 Å². The van der Waals surface area contributed by atoms with Crippen LogP contribution in [0.2, 0.25) is 0 Å². The molecular weight excluding hydrogens is 402 g/mol. The molecule has 5 atom stereocenters. The molecule has 27 heavy (non-hydrogen) atoms. The number of thioether (sulfide) groups is 1. The molecule has 1 fully saturated rings. The first-order chi connectivity index (χ1) is 12.7. The molecule has 12 heteroatoms. The Morgan fingerprint density at radius 3 is 2.41 bits per heavy atom. The molecule has 1 aliphatic heterocycles. The topological polar surface area (TPSA) is 166 Å². The van der Waals surface area contributed by atoms with Crippen molar-refractivity contribution in [3.63, 3.8) is 0 Å². The third-order valence-corrected chi connectivity index (χ3v) is 5.24. The van der Waals surface area contributed by atoms with Gasteiger partial charge in [0.15, 0.2) is 0 Å². The van der Waals surface area contributed by atoms with Crippen molar-refractivity contribution >= 4 is 27.2 Å². The third kappa shape index (κ3) is 6.69. The number of ether oxygens (including phenoxy) is 1. The average Bonchev–Trinajstić information content (AvgIpc) is 2.64. The lowest BCUT2D eigenvalue weighted by Crippen LogP contribution is -2.57. The summed E-state index contributed by atoms with van der Waals surface area (Å²) < 4.78 is 39.7. The maximum absolute atomic E-state index is 10.8. The fourth-order valence-corrected chi connectivity index (χ4v) is 3.71. The van der Waals surface area contributed by atoms with E-state index in [0.29, 0.717) is 6.42 Å². The van der Waals surface area contributed by atoms with Crippen molar-refractivity contribution in [2.45, 2.75) is 42.7 Å². The zero-order chi connectivity index (χ0) is 20.0. The molecule has 1 aromatic carbocycles. The van der Waals surface area contributed by atoms with Gasteiger partial charge in [0.2, 0.25) is 0 Å². The Morgan fingerprint density at radius 1 is 1.15 bits per heavy atom. The van der Waals surface area contributed by atoms with Crippen molar-refractivity contribution in [3.8, 4) is 0 Å². The van der Waals surface area contributed by atoms with Gasteiger partial charge in [-0.3, -0.25) is 4.55 Å². The molecule has 10 nitrogen and oxygen atoms in total. The highest BCUT2D eigenvalue weighted by molar-refractivity contribution is 8.14. The molecule has 0 spiro atoms. The van der Waals surface area contributed by atoms with Gasteiger partial charge in [0.1, 0.15) is 34.9 Å². The molecule has 0 bridgehead atoms. The quantitative estimate of drug-likeness (QED) is 0.163. The van der Waals surface area contributed by atoms with E-state index in [1.54, 1.807) is 0 Å². The molecular formula is C15H21NO9S2. The fourth-order valence-electron chi connectivity index (χ4n) is 2.41. The van der Waals surface area contributed by atoms with Crippen LogP contribution in [-0.4, -0.2) is 74.9 Å². The van der Waals surface area contributed by atoms with Crippen molar-refractivity contribution in [3.05, 3.63) is 35.9 Å². The number of oxime groups is 1. The first kappa shape index (κ1) is 22.0. The molecule has 0 aliphatic carbocycles. The molecule has 0 saturated carbocycles. The lowest BCUT2D eigenvalue weighted by molar-refractivity contribution is -0.205. The van der Waals surface area contributed by atoms with Crippen LogP contribution in [0.1, 0.15) is 12.0 Å². The minimum absolute atomic E-state index is 0.0563. The zero-order valence-corrected chi connectivity index (χ0v) is 15.7. The van der Waals surface area contributed by atoms with Crippen LogP contribution in [0.4, 0.5) is 0 Å².